The molecule has 0 bridgehead atoms. The van der Waals surface area contributed by atoms with Gasteiger partial charge in [0.25, 0.3) is 5.91 Å². The molecule has 3 N–H and O–H groups in total. The van der Waals surface area contributed by atoms with Gasteiger partial charge in [0.05, 0.1) is 0 Å². The topological polar surface area (TPSA) is 87.3 Å². The van der Waals surface area contributed by atoms with Crippen molar-refractivity contribution in [2.45, 2.75) is 46.0 Å². The summed E-state index contributed by atoms with van der Waals surface area (Å²) in [6.45, 7) is 3.91. The molecule has 3 amide bonds. The van der Waals surface area contributed by atoms with Crippen LogP contribution in [0, 0.1) is 0 Å². The van der Waals surface area contributed by atoms with Crippen LogP contribution in [-0.2, 0) is 9.59 Å². The van der Waals surface area contributed by atoms with Crippen LogP contribution < -0.4 is 16.2 Å². The van der Waals surface area contributed by atoms with Crippen molar-refractivity contribution in [3.05, 3.63) is 29.8 Å². The molecule has 6 nitrogen and oxygen atoms in total. The summed E-state index contributed by atoms with van der Waals surface area (Å²) in [6.07, 6.45) is 3.39. The van der Waals surface area contributed by atoms with Crippen molar-refractivity contribution in [1.82, 2.24) is 10.9 Å². The monoisotopic (exact) mass is 305 g/mol. The van der Waals surface area contributed by atoms with Crippen LogP contribution in [-0.4, -0.2) is 17.7 Å². The van der Waals surface area contributed by atoms with E-state index >= 15 is 0 Å². The van der Waals surface area contributed by atoms with E-state index in [0.29, 0.717) is 30.5 Å². The Morgan fingerprint density at radius 3 is 2.14 bits per heavy atom. The third kappa shape index (κ3) is 6.39. The molecule has 0 heterocycles. The van der Waals surface area contributed by atoms with E-state index in [-0.39, 0.29) is 11.8 Å². The van der Waals surface area contributed by atoms with E-state index in [0.717, 1.165) is 12.8 Å². The van der Waals surface area contributed by atoms with Crippen molar-refractivity contribution in [1.29, 1.82) is 0 Å². The average molecular weight is 305 g/mol. The van der Waals surface area contributed by atoms with E-state index in [9.17, 15) is 14.4 Å². The highest BCUT2D eigenvalue weighted by Crippen LogP contribution is 2.10. The maximum atomic E-state index is 11.8. The molecule has 0 aliphatic heterocycles. The molecule has 0 radical (unpaired) electrons. The zero-order valence-corrected chi connectivity index (χ0v) is 13.1. The molecule has 120 valence electrons. The molecule has 0 aliphatic rings. The predicted molar refractivity (Wildman–Crippen MR) is 85.1 cm³/mol. The first-order valence-corrected chi connectivity index (χ1v) is 7.56. The number of nitrogens with one attached hydrogen (secondary N) is 3. The Balaban J connectivity index is 2.48. The fourth-order valence-corrected chi connectivity index (χ4v) is 1.75. The van der Waals surface area contributed by atoms with Gasteiger partial charge in [0.2, 0.25) is 11.8 Å². The highest BCUT2D eigenvalue weighted by Gasteiger charge is 2.07. The lowest BCUT2D eigenvalue weighted by molar-refractivity contribution is -0.122. The van der Waals surface area contributed by atoms with Crippen LogP contribution in [0.3, 0.4) is 0 Å². The van der Waals surface area contributed by atoms with Crippen molar-refractivity contribution < 1.29 is 14.4 Å². The fraction of sp³-hybridized carbons (Fsp3) is 0.438. The van der Waals surface area contributed by atoms with E-state index in [1.807, 2.05) is 13.8 Å². The van der Waals surface area contributed by atoms with Crippen molar-refractivity contribution in [2.75, 3.05) is 5.32 Å². The minimum absolute atomic E-state index is 0.0362. The third-order valence-electron chi connectivity index (χ3n) is 2.98. The molecule has 1 rings (SSSR count). The predicted octanol–water partition coefficient (Wildman–Crippen LogP) is 2.38. The first kappa shape index (κ1) is 17.7. The minimum Gasteiger partial charge on any atom is -0.326 e. The Kier molecular flexibility index (Phi) is 7.67. The summed E-state index contributed by atoms with van der Waals surface area (Å²) in [5.74, 6) is -0.658. The number of unbranched alkanes of at least 4 members (excludes halogenated alkanes) is 1. The van der Waals surface area contributed by atoms with Gasteiger partial charge in [0.1, 0.15) is 0 Å². The highest BCUT2D eigenvalue weighted by molar-refractivity contribution is 5.96. The van der Waals surface area contributed by atoms with Crippen molar-refractivity contribution in [3.63, 3.8) is 0 Å². The molecular formula is C16H23N3O3. The lowest BCUT2D eigenvalue weighted by Crippen LogP contribution is -2.41. The van der Waals surface area contributed by atoms with Gasteiger partial charge in [-0.1, -0.05) is 20.3 Å². The van der Waals surface area contributed by atoms with Crippen LogP contribution in [0.2, 0.25) is 0 Å². The van der Waals surface area contributed by atoms with E-state index in [4.69, 9.17) is 0 Å². The number of rotatable bonds is 7. The van der Waals surface area contributed by atoms with Gasteiger partial charge in [0, 0.05) is 24.1 Å². The quantitative estimate of drug-likeness (QED) is 0.676. The molecule has 22 heavy (non-hydrogen) atoms. The van der Waals surface area contributed by atoms with Gasteiger partial charge in [-0.25, -0.2) is 0 Å². The van der Waals surface area contributed by atoms with Gasteiger partial charge in [-0.15, -0.1) is 0 Å². The maximum Gasteiger partial charge on any atom is 0.269 e. The second-order valence-corrected chi connectivity index (χ2v) is 4.98. The van der Waals surface area contributed by atoms with Crippen LogP contribution in [0.1, 0.15) is 56.3 Å². The van der Waals surface area contributed by atoms with Gasteiger partial charge in [-0.3, -0.25) is 25.2 Å². The van der Waals surface area contributed by atoms with E-state index in [2.05, 4.69) is 16.2 Å². The van der Waals surface area contributed by atoms with E-state index in [1.54, 1.807) is 24.3 Å². The van der Waals surface area contributed by atoms with Gasteiger partial charge in [-0.2, -0.15) is 0 Å². The summed E-state index contributed by atoms with van der Waals surface area (Å²) in [4.78, 5) is 34.7. The van der Waals surface area contributed by atoms with Gasteiger partial charge >= 0.3 is 0 Å². The van der Waals surface area contributed by atoms with Crippen molar-refractivity contribution in [3.8, 4) is 0 Å². The summed E-state index contributed by atoms with van der Waals surface area (Å²) in [6, 6.07) is 6.51. The van der Waals surface area contributed by atoms with E-state index in [1.165, 1.54) is 0 Å². The summed E-state index contributed by atoms with van der Waals surface area (Å²) < 4.78 is 0. The second-order valence-electron chi connectivity index (χ2n) is 4.98. The zero-order valence-electron chi connectivity index (χ0n) is 13.1. The summed E-state index contributed by atoms with van der Waals surface area (Å²) in [7, 11) is 0. The van der Waals surface area contributed by atoms with Crippen LogP contribution in [0.5, 0.6) is 0 Å². The fourth-order valence-electron chi connectivity index (χ4n) is 1.75. The number of hydrogen-bond donors (Lipinski definition) is 3. The Morgan fingerprint density at radius 2 is 1.55 bits per heavy atom. The molecule has 0 aromatic heterocycles. The summed E-state index contributed by atoms with van der Waals surface area (Å²) in [5.41, 5.74) is 5.74. The molecule has 0 spiro atoms. The Morgan fingerprint density at radius 1 is 0.864 bits per heavy atom. The van der Waals surface area contributed by atoms with Crippen LogP contribution in [0.15, 0.2) is 24.3 Å². The molecule has 0 fully saturated rings. The summed E-state index contributed by atoms with van der Waals surface area (Å²) in [5, 5.41) is 2.77. The molecule has 0 unspecified atom stereocenters. The average Bonchev–Trinajstić information content (AvgIpc) is 2.51. The van der Waals surface area contributed by atoms with Crippen LogP contribution in [0.25, 0.3) is 0 Å². The Labute approximate surface area is 130 Å². The Bertz CT molecular complexity index is 512. The molecular weight excluding hydrogens is 282 g/mol. The summed E-state index contributed by atoms with van der Waals surface area (Å²) >= 11 is 0. The van der Waals surface area contributed by atoms with Gasteiger partial charge < -0.3 is 5.32 Å². The number of carbonyl (C=O) groups excluding carboxylic acids is 3. The minimum atomic E-state index is -0.395. The molecule has 0 saturated carbocycles. The molecule has 6 heteroatoms. The molecule has 0 atom stereocenters. The number of anilines is 1. The first-order valence-electron chi connectivity index (χ1n) is 7.56. The van der Waals surface area contributed by atoms with Gasteiger partial charge in [-0.05, 0) is 37.1 Å². The molecule has 0 saturated heterocycles. The SMILES string of the molecule is CCCCC(=O)Nc1ccc(C(=O)NNC(=O)CCC)cc1. The molecule has 0 aliphatic carbocycles. The standard InChI is InChI=1S/C16H23N3O3/c1-3-5-7-14(20)17-13-10-8-12(9-11-13)16(22)19-18-15(21)6-4-2/h8-11H,3-7H2,1-2H3,(H,17,20)(H,18,21)(H,19,22). The van der Waals surface area contributed by atoms with Crippen LogP contribution in [0.4, 0.5) is 5.69 Å². The Hall–Kier alpha value is -2.37. The van der Waals surface area contributed by atoms with Crippen LogP contribution >= 0.6 is 0 Å². The van der Waals surface area contributed by atoms with Gasteiger partial charge in [0.15, 0.2) is 0 Å². The number of amides is 3. The third-order valence-corrected chi connectivity index (χ3v) is 2.98. The first-order chi connectivity index (χ1) is 10.6. The highest BCUT2D eigenvalue weighted by atomic mass is 16.2. The number of benzene rings is 1. The lowest BCUT2D eigenvalue weighted by atomic mass is 10.2. The maximum absolute atomic E-state index is 11.8. The molecule has 1 aromatic carbocycles. The van der Waals surface area contributed by atoms with Crippen molar-refractivity contribution in [2.24, 2.45) is 0 Å². The number of carbonyl (C=O) groups is 3. The number of hydrogen-bond acceptors (Lipinski definition) is 3. The van der Waals surface area contributed by atoms with E-state index < -0.39 is 5.91 Å². The largest absolute Gasteiger partial charge is 0.326 e. The second kappa shape index (κ2) is 9.55. The lowest BCUT2D eigenvalue weighted by Gasteiger charge is -2.08. The zero-order chi connectivity index (χ0) is 16.4. The van der Waals surface area contributed by atoms with Crippen molar-refractivity contribution >= 4 is 23.4 Å². The normalized spacial score (nSPS) is 9.91. The molecule has 1 aromatic rings. The number of hydrazine groups is 1. The smallest absolute Gasteiger partial charge is 0.269 e.